The molecule has 0 saturated heterocycles. The second kappa shape index (κ2) is 1.93. The van der Waals surface area contributed by atoms with Crippen molar-refractivity contribution in [2.24, 2.45) is 0 Å². The molecule has 0 radical (unpaired) electrons. The maximum absolute atomic E-state index is 10.1. The van der Waals surface area contributed by atoms with Crippen LogP contribution in [0.5, 0.6) is 0 Å². The molecule has 1 aromatic rings. The molecule has 0 aromatic carbocycles. The van der Waals surface area contributed by atoms with Gasteiger partial charge in [-0.05, 0) is 6.92 Å². The molecule has 9 heavy (non-hydrogen) atoms. The van der Waals surface area contributed by atoms with Crippen molar-refractivity contribution in [3.8, 4) is 0 Å². The second-order valence-corrected chi connectivity index (χ2v) is 1.80. The predicted molar refractivity (Wildman–Crippen MR) is 33.2 cm³/mol. The molecule has 3 nitrogen and oxygen atoms in total. The molecule has 0 bridgehead atoms. The summed E-state index contributed by atoms with van der Waals surface area (Å²) in [5, 5.41) is 0. The van der Waals surface area contributed by atoms with Gasteiger partial charge < -0.3 is 10.2 Å². The minimum Gasteiger partial charge on any atom is -0.448 e. The first-order valence-corrected chi connectivity index (χ1v) is 2.54. The van der Waals surface area contributed by atoms with Crippen LogP contribution in [-0.4, -0.2) is 6.29 Å². The average molecular weight is 125 g/mol. The third-order valence-electron chi connectivity index (χ3n) is 1.24. The van der Waals surface area contributed by atoms with Crippen molar-refractivity contribution in [2.75, 3.05) is 5.73 Å². The third-order valence-corrected chi connectivity index (χ3v) is 1.24. The zero-order chi connectivity index (χ0) is 6.85. The van der Waals surface area contributed by atoms with Crippen LogP contribution < -0.4 is 5.73 Å². The van der Waals surface area contributed by atoms with E-state index in [4.69, 9.17) is 10.2 Å². The molecular weight excluding hydrogens is 118 g/mol. The highest BCUT2D eigenvalue weighted by Crippen LogP contribution is 2.15. The topological polar surface area (TPSA) is 56.2 Å². The number of nitrogen functional groups attached to an aromatic ring is 1. The Labute approximate surface area is 52.5 Å². The first-order valence-electron chi connectivity index (χ1n) is 2.54. The number of rotatable bonds is 1. The lowest BCUT2D eigenvalue weighted by Gasteiger charge is -1.83. The summed E-state index contributed by atoms with van der Waals surface area (Å²) in [6, 6.07) is 0. The number of carbonyl (C=O) groups excluding carboxylic acids is 1. The molecule has 0 aliphatic rings. The van der Waals surface area contributed by atoms with Crippen LogP contribution >= 0.6 is 0 Å². The molecule has 1 aromatic heterocycles. The van der Waals surface area contributed by atoms with Crippen LogP contribution in [0.25, 0.3) is 0 Å². The van der Waals surface area contributed by atoms with E-state index in [0.717, 1.165) is 6.29 Å². The summed E-state index contributed by atoms with van der Waals surface area (Å²) in [4.78, 5) is 10.1. The van der Waals surface area contributed by atoms with Crippen molar-refractivity contribution in [2.45, 2.75) is 6.92 Å². The Bertz CT molecular complexity index is 227. The van der Waals surface area contributed by atoms with E-state index in [-0.39, 0.29) is 0 Å². The summed E-state index contributed by atoms with van der Waals surface area (Å²) < 4.78 is 4.73. The van der Waals surface area contributed by atoms with Gasteiger partial charge in [0.05, 0.1) is 5.56 Å². The van der Waals surface area contributed by atoms with Crippen LogP contribution in [0.3, 0.4) is 0 Å². The van der Waals surface area contributed by atoms with E-state index in [1.807, 2.05) is 0 Å². The van der Waals surface area contributed by atoms with Gasteiger partial charge in [-0.2, -0.15) is 0 Å². The third kappa shape index (κ3) is 0.806. The molecule has 0 atom stereocenters. The molecule has 0 spiro atoms. The fraction of sp³-hybridized carbons (Fsp3) is 0.167. The van der Waals surface area contributed by atoms with Crippen molar-refractivity contribution in [1.82, 2.24) is 0 Å². The Morgan fingerprint density at radius 1 is 1.78 bits per heavy atom. The van der Waals surface area contributed by atoms with Crippen LogP contribution in [0.2, 0.25) is 0 Å². The first-order chi connectivity index (χ1) is 4.25. The van der Waals surface area contributed by atoms with Crippen LogP contribution in [0.1, 0.15) is 15.9 Å². The molecule has 0 saturated carbocycles. The minimum atomic E-state index is 0.317. The van der Waals surface area contributed by atoms with Gasteiger partial charge in [0.1, 0.15) is 6.26 Å². The van der Waals surface area contributed by atoms with Crippen molar-refractivity contribution < 1.29 is 9.21 Å². The minimum absolute atomic E-state index is 0.317. The van der Waals surface area contributed by atoms with Gasteiger partial charge in [-0.15, -0.1) is 0 Å². The van der Waals surface area contributed by atoms with Gasteiger partial charge in [-0.25, -0.2) is 0 Å². The smallest absolute Gasteiger partial charge is 0.193 e. The zero-order valence-electron chi connectivity index (χ0n) is 5.05. The normalized spacial score (nSPS) is 9.44. The van der Waals surface area contributed by atoms with E-state index in [9.17, 15) is 4.79 Å². The van der Waals surface area contributed by atoms with E-state index in [0.29, 0.717) is 17.0 Å². The lowest BCUT2D eigenvalue weighted by Crippen LogP contribution is -1.85. The average Bonchev–Trinajstić information content (AvgIpc) is 2.15. The molecule has 0 aliphatic carbocycles. The van der Waals surface area contributed by atoms with Crippen LogP contribution in [0.4, 0.5) is 5.88 Å². The lowest BCUT2D eigenvalue weighted by molar-refractivity contribution is 0.112. The van der Waals surface area contributed by atoms with Crippen molar-refractivity contribution in [3.63, 3.8) is 0 Å². The zero-order valence-corrected chi connectivity index (χ0v) is 5.05. The van der Waals surface area contributed by atoms with Gasteiger partial charge in [0.25, 0.3) is 0 Å². The molecule has 0 fully saturated rings. The highest BCUT2D eigenvalue weighted by atomic mass is 16.3. The number of nitrogens with two attached hydrogens (primary N) is 1. The maximum Gasteiger partial charge on any atom is 0.193 e. The van der Waals surface area contributed by atoms with Crippen molar-refractivity contribution in [1.29, 1.82) is 0 Å². The van der Waals surface area contributed by atoms with Gasteiger partial charge in [0, 0.05) is 5.56 Å². The molecule has 0 amide bonds. The molecule has 3 heteroatoms. The molecule has 0 unspecified atom stereocenters. The van der Waals surface area contributed by atoms with Gasteiger partial charge in [-0.1, -0.05) is 0 Å². The second-order valence-electron chi connectivity index (χ2n) is 1.80. The number of anilines is 1. The fourth-order valence-corrected chi connectivity index (χ4v) is 0.562. The monoisotopic (exact) mass is 125 g/mol. The highest BCUT2D eigenvalue weighted by Gasteiger charge is 2.02. The van der Waals surface area contributed by atoms with E-state index < -0.39 is 0 Å². The Morgan fingerprint density at radius 2 is 2.44 bits per heavy atom. The summed E-state index contributed by atoms with van der Waals surface area (Å²) in [6.45, 7) is 1.74. The summed E-state index contributed by atoms with van der Waals surface area (Å²) in [7, 11) is 0. The van der Waals surface area contributed by atoms with Crippen LogP contribution in [0, 0.1) is 6.92 Å². The largest absolute Gasteiger partial charge is 0.448 e. The summed E-state index contributed by atoms with van der Waals surface area (Å²) in [5.41, 5.74) is 6.52. The number of furan rings is 1. The highest BCUT2D eigenvalue weighted by molar-refractivity contribution is 5.78. The predicted octanol–water partition coefficient (Wildman–Crippen LogP) is 0.983. The number of carbonyl (C=O) groups is 1. The standard InChI is InChI=1S/C6H7NO2/c1-4-5(2-8)3-9-6(4)7/h2-3H,7H2,1H3. The van der Waals surface area contributed by atoms with Gasteiger partial charge in [0.2, 0.25) is 0 Å². The molecule has 0 aliphatic heterocycles. The van der Waals surface area contributed by atoms with Crippen LogP contribution in [0.15, 0.2) is 10.7 Å². The van der Waals surface area contributed by atoms with Gasteiger partial charge >= 0.3 is 0 Å². The first kappa shape index (κ1) is 5.88. The van der Waals surface area contributed by atoms with E-state index in [2.05, 4.69) is 0 Å². The van der Waals surface area contributed by atoms with Gasteiger partial charge in [-0.3, -0.25) is 4.79 Å². The van der Waals surface area contributed by atoms with E-state index in [1.54, 1.807) is 6.92 Å². The Morgan fingerprint density at radius 3 is 2.67 bits per heavy atom. The molecular formula is C6H7NO2. The Kier molecular flexibility index (Phi) is 1.26. The lowest BCUT2D eigenvalue weighted by atomic mass is 10.2. The summed E-state index contributed by atoms with van der Waals surface area (Å²) in [5.74, 6) is 0.317. The number of hydrogen-bond acceptors (Lipinski definition) is 3. The Balaban J connectivity index is 3.18. The number of aldehydes is 1. The summed E-state index contributed by atoms with van der Waals surface area (Å²) >= 11 is 0. The summed E-state index contributed by atoms with van der Waals surface area (Å²) in [6.07, 6.45) is 2.06. The number of hydrogen-bond donors (Lipinski definition) is 1. The molecule has 2 N–H and O–H groups in total. The van der Waals surface area contributed by atoms with Crippen molar-refractivity contribution in [3.05, 3.63) is 17.4 Å². The van der Waals surface area contributed by atoms with E-state index >= 15 is 0 Å². The van der Waals surface area contributed by atoms with Gasteiger partial charge in [0.15, 0.2) is 12.2 Å². The Hall–Kier alpha value is -1.25. The molecule has 1 heterocycles. The quantitative estimate of drug-likeness (QED) is 0.569. The van der Waals surface area contributed by atoms with Crippen molar-refractivity contribution >= 4 is 12.2 Å². The SMILES string of the molecule is Cc1c(C=O)coc1N. The molecule has 48 valence electrons. The molecule has 1 rings (SSSR count). The fourth-order valence-electron chi connectivity index (χ4n) is 0.562. The van der Waals surface area contributed by atoms with Crippen LogP contribution in [-0.2, 0) is 0 Å². The maximum atomic E-state index is 10.1. The van der Waals surface area contributed by atoms with E-state index in [1.165, 1.54) is 6.26 Å².